The molecule has 1 N–H and O–H groups in total. The lowest BCUT2D eigenvalue weighted by molar-refractivity contribution is -0.126. The van der Waals surface area contributed by atoms with Gasteiger partial charge in [-0.1, -0.05) is 43.7 Å². The van der Waals surface area contributed by atoms with Crippen molar-refractivity contribution in [3.63, 3.8) is 0 Å². The van der Waals surface area contributed by atoms with Crippen LogP contribution in [0.5, 0.6) is 0 Å². The molecule has 0 radical (unpaired) electrons. The number of ether oxygens (including phenoxy) is 1. The van der Waals surface area contributed by atoms with Gasteiger partial charge in [-0.05, 0) is 37.3 Å². The Hall–Kier alpha value is -1.70. The molecule has 0 aliphatic carbocycles. The topological polar surface area (TPSA) is 75.7 Å². The summed E-state index contributed by atoms with van der Waals surface area (Å²) in [6.45, 7) is 4.91. The molecular weight excluding hydrogens is 376 g/mol. The van der Waals surface area contributed by atoms with E-state index < -0.39 is 10.0 Å². The maximum atomic E-state index is 12.5. The normalized spacial score (nSPS) is 16.5. The summed E-state index contributed by atoms with van der Waals surface area (Å²) in [5.74, 6) is -0.101. The summed E-state index contributed by atoms with van der Waals surface area (Å²) in [4.78, 5) is 12.3. The minimum atomic E-state index is -3.46. The number of hydrogen-bond donors (Lipinski definition) is 1. The van der Waals surface area contributed by atoms with Crippen LogP contribution >= 0.6 is 0 Å². The van der Waals surface area contributed by atoms with Crippen LogP contribution in [0.4, 0.5) is 0 Å². The molecule has 0 unspecified atom stereocenters. The van der Waals surface area contributed by atoms with Crippen molar-refractivity contribution in [3.05, 3.63) is 41.3 Å². The molecule has 1 fully saturated rings. The number of nitrogens with zero attached hydrogens (tertiary/aromatic N) is 1. The number of amides is 1. The monoisotopic (exact) mass is 408 g/mol. The van der Waals surface area contributed by atoms with E-state index in [1.165, 1.54) is 9.71 Å². The van der Waals surface area contributed by atoms with Crippen molar-refractivity contribution < 1.29 is 17.9 Å². The average Bonchev–Trinajstić information content (AvgIpc) is 2.72. The zero-order valence-corrected chi connectivity index (χ0v) is 17.5. The molecule has 0 bridgehead atoms. The van der Waals surface area contributed by atoms with E-state index in [0.717, 1.165) is 31.4 Å². The van der Waals surface area contributed by atoms with Gasteiger partial charge in [0.05, 0.1) is 0 Å². The highest BCUT2D eigenvalue weighted by molar-refractivity contribution is 7.92. The third-order valence-electron chi connectivity index (χ3n) is 4.82. The minimum absolute atomic E-state index is 0.0189. The fourth-order valence-corrected chi connectivity index (χ4v) is 4.29. The van der Waals surface area contributed by atoms with E-state index in [1.807, 2.05) is 30.3 Å². The molecule has 1 saturated heterocycles. The highest BCUT2D eigenvalue weighted by Gasteiger charge is 2.29. The van der Waals surface area contributed by atoms with Gasteiger partial charge in [0.15, 0.2) is 0 Å². The minimum Gasteiger partial charge on any atom is -0.381 e. The second-order valence-electron chi connectivity index (χ2n) is 7.04. The Morgan fingerprint density at radius 2 is 1.86 bits per heavy atom. The van der Waals surface area contributed by atoms with Crippen LogP contribution in [0.1, 0.15) is 44.6 Å². The number of nitrogens with one attached hydrogen (secondary N) is 1. The van der Waals surface area contributed by atoms with Gasteiger partial charge in [0.25, 0.3) is 0 Å². The molecule has 156 valence electrons. The molecule has 1 amide bonds. The van der Waals surface area contributed by atoms with Gasteiger partial charge >= 0.3 is 0 Å². The fourth-order valence-electron chi connectivity index (χ4n) is 3.07. The SMILES string of the molecule is CCCCOCCCNC(=O)C1CCN(S(=O)(=O)/C=C/c2ccccc2)CC1. The zero-order valence-electron chi connectivity index (χ0n) is 16.7. The van der Waals surface area contributed by atoms with Crippen molar-refractivity contribution in [3.8, 4) is 0 Å². The predicted molar refractivity (Wildman–Crippen MR) is 112 cm³/mol. The number of rotatable bonds is 11. The molecule has 2 rings (SSSR count). The van der Waals surface area contributed by atoms with Crippen molar-refractivity contribution in [1.29, 1.82) is 0 Å². The lowest BCUT2D eigenvalue weighted by Crippen LogP contribution is -2.42. The maximum Gasteiger partial charge on any atom is 0.236 e. The number of unbranched alkanes of at least 4 members (excludes halogenated alkanes) is 1. The molecule has 0 spiro atoms. The molecule has 1 aliphatic rings. The Morgan fingerprint density at radius 1 is 1.18 bits per heavy atom. The second-order valence-corrected chi connectivity index (χ2v) is 8.86. The molecule has 0 atom stereocenters. The van der Waals surface area contributed by atoms with Crippen molar-refractivity contribution in [2.75, 3.05) is 32.8 Å². The predicted octanol–water partition coefficient (Wildman–Crippen LogP) is 3.02. The number of piperidine rings is 1. The summed E-state index contributed by atoms with van der Waals surface area (Å²) in [7, 11) is -3.46. The molecule has 6 nitrogen and oxygen atoms in total. The summed E-state index contributed by atoms with van der Waals surface area (Å²) in [5, 5.41) is 4.19. The Labute approximate surface area is 169 Å². The van der Waals surface area contributed by atoms with Gasteiger partial charge in [0.1, 0.15) is 0 Å². The number of hydrogen-bond acceptors (Lipinski definition) is 4. The molecule has 0 saturated carbocycles. The van der Waals surface area contributed by atoms with Crippen LogP contribution in [-0.4, -0.2) is 51.5 Å². The Balaban J connectivity index is 1.70. The summed E-state index contributed by atoms with van der Waals surface area (Å²) >= 11 is 0. The molecule has 1 heterocycles. The van der Waals surface area contributed by atoms with Gasteiger partial charge in [-0.2, -0.15) is 4.31 Å². The maximum absolute atomic E-state index is 12.5. The van der Waals surface area contributed by atoms with Gasteiger partial charge in [0, 0.05) is 44.2 Å². The van der Waals surface area contributed by atoms with Crippen LogP contribution < -0.4 is 5.32 Å². The lowest BCUT2D eigenvalue weighted by atomic mass is 9.97. The third-order valence-corrected chi connectivity index (χ3v) is 6.39. The van der Waals surface area contributed by atoms with Crippen LogP contribution in [-0.2, 0) is 19.6 Å². The van der Waals surface area contributed by atoms with Gasteiger partial charge in [0.2, 0.25) is 15.9 Å². The van der Waals surface area contributed by atoms with E-state index in [1.54, 1.807) is 6.08 Å². The van der Waals surface area contributed by atoms with Crippen molar-refractivity contribution in [1.82, 2.24) is 9.62 Å². The van der Waals surface area contributed by atoms with Crippen LogP contribution in [0, 0.1) is 5.92 Å². The second kappa shape index (κ2) is 12.0. The molecule has 7 heteroatoms. The van der Waals surface area contributed by atoms with Gasteiger partial charge in [-0.15, -0.1) is 0 Å². The Kier molecular flexibility index (Phi) is 9.67. The van der Waals surface area contributed by atoms with Crippen LogP contribution in [0.25, 0.3) is 6.08 Å². The van der Waals surface area contributed by atoms with Crippen LogP contribution in [0.2, 0.25) is 0 Å². The average molecular weight is 409 g/mol. The smallest absolute Gasteiger partial charge is 0.236 e. The van der Waals surface area contributed by atoms with Crippen LogP contribution in [0.3, 0.4) is 0 Å². The quantitative estimate of drug-likeness (QED) is 0.571. The van der Waals surface area contributed by atoms with Gasteiger partial charge in [-0.25, -0.2) is 8.42 Å². The first kappa shape index (κ1) is 22.6. The zero-order chi connectivity index (χ0) is 20.2. The summed E-state index contributed by atoms with van der Waals surface area (Å²) in [6, 6.07) is 9.34. The number of carbonyl (C=O) groups is 1. The largest absolute Gasteiger partial charge is 0.381 e. The number of carbonyl (C=O) groups excluding carboxylic acids is 1. The third kappa shape index (κ3) is 7.73. The first-order chi connectivity index (χ1) is 13.5. The Morgan fingerprint density at radius 3 is 2.54 bits per heavy atom. The first-order valence-electron chi connectivity index (χ1n) is 10.1. The van der Waals surface area contributed by atoms with Crippen LogP contribution in [0.15, 0.2) is 35.7 Å². The molecule has 1 aromatic carbocycles. The molecule has 0 aromatic heterocycles. The van der Waals surface area contributed by atoms with E-state index in [2.05, 4.69) is 12.2 Å². The summed E-state index contributed by atoms with van der Waals surface area (Å²) in [5.41, 5.74) is 0.846. The summed E-state index contributed by atoms with van der Waals surface area (Å²) in [6.07, 6.45) is 5.69. The fraction of sp³-hybridized carbons (Fsp3) is 0.571. The van der Waals surface area contributed by atoms with E-state index in [4.69, 9.17) is 4.74 Å². The summed E-state index contributed by atoms with van der Waals surface area (Å²) < 4.78 is 31.9. The highest BCUT2D eigenvalue weighted by atomic mass is 32.2. The Bertz CT molecular complexity index is 711. The molecular formula is C21H32N2O4S. The van der Waals surface area contributed by atoms with Crippen molar-refractivity contribution in [2.24, 2.45) is 5.92 Å². The van der Waals surface area contributed by atoms with E-state index in [0.29, 0.717) is 39.1 Å². The van der Waals surface area contributed by atoms with Gasteiger partial charge < -0.3 is 10.1 Å². The van der Waals surface area contributed by atoms with E-state index in [9.17, 15) is 13.2 Å². The van der Waals surface area contributed by atoms with Crippen molar-refractivity contribution >= 4 is 22.0 Å². The number of benzene rings is 1. The molecule has 1 aromatic rings. The standard InChI is InChI=1S/C21H32N2O4S/c1-2-3-16-27-17-7-13-22-21(24)20-10-14-23(15-11-20)28(25,26)18-12-19-8-5-4-6-9-19/h4-6,8-9,12,18,20H,2-3,7,10-11,13-17H2,1H3,(H,22,24)/b18-12+. The van der Waals surface area contributed by atoms with E-state index in [-0.39, 0.29) is 11.8 Å². The van der Waals surface area contributed by atoms with Gasteiger partial charge in [-0.3, -0.25) is 4.79 Å². The van der Waals surface area contributed by atoms with Crippen molar-refractivity contribution in [2.45, 2.75) is 39.0 Å². The highest BCUT2D eigenvalue weighted by Crippen LogP contribution is 2.21. The lowest BCUT2D eigenvalue weighted by Gasteiger charge is -2.29. The number of sulfonamides is 1. The first-order valence-corrected chi connectivity index (χ1v) is 11.6. The molecule has 1 aliphatic heterocycles. The molecule has 28 heavy (non-hydrogen) atoms. The van der Waals surface area contributed by atoms with E-state index >= 15 is 0 Å².